The standard InChI is InChI=1S/C18H23ClN2O2/c1-12-15-11-14(19)3-4-16(15)23-17(12)18(22)21-9-6-13(7-10-21)5-8-20-2/h3-4,11,13,20H,5-10H2,1-2H3. The van der Waals surface area contributed by atoms with Crippen LogP contribution in [0.3, 0.4) is 0 Å². The van der Waals surface area contributed by atoms with Crippen molar-refractivity contribution in [3.05, 3.63) is 34.5 Å². The molecule has 0 saturated carbocycles. The largest absolute Gasteiger partial charge is 0.451 e. The minimum Gasteiger partial charge on any atom is -0.451 e. The Balaban J connectivity index is 1.73. The van der Waals surface area contributed by atoms with Crippen LogP contribution in [0.1, 0.15) is 35.4 Å². The molecule has 124 valence electrons. The molecule has 0 radical (unpaired) electrons. The number of hydrogen-bond acceptors (Lipinski definition) is 3. The number of carbonyl (C=O) groups excluding carboxylic acids is 1. The predicted octanol–water partition coefficient (Wildman–Crippen LogP) is 3.86. The Kier molecular flexibility index (Phi) is 4.93. The number of nitrogens with one attached hydrogen (secondary N) is 1. The zero-order valence-corrected chi connectivity index (χ0v) is 14.4. The first kappa shape index (κ1) is 16.3. The Morgan fingerprint density at radius 1 is 1.39 bits per heavy atom. The van der Waals surface area contributed by atoms with Crippen LogP contribution in [0.4, 0.5) is 0 Å². The lowest BCUT2D eigenvalue weighted by Gasteiger charge is -2.31. The molecule has 0 unspecified atom stereocenters. The molecule has 0 aliphatic carbocycles. The number of furan rings is 1. The van der Waals surface area contributed by atoms with E-state index in [0.29, 0.717) is 16.7 Å². The van der Waals surface area contributed by atoms with Crippen LogP contribution in [-0.2, 0) is 0 Å². The fourth-order valence-electron chi connectivity index (χ4n) is 3.31. The van der Waals surface area contributed by atoms with Crippen LogP contribution in [0.15, 0.2) is 22.6 Å². The Hall–Kier alpha value is -1.52. The zero-order chi connectivity index (χ0) is 16.4. The molecule has 0 spiro atoms. The van der Waals surface area contributed by atoms with Gasteiger partial charge in [0.15, 0.2) is 5.76 Å². The Bertz CT molecular complexity index is 702. The average molecular weight is 335 g/mol. The molecule has 3 rings (SSSR count). The van der Waals surface area contributed by atoms with Crippen molar-refractivity contribution in [2.75, 3.05) is 26.7 Å². The van der Waals surface area contributed by atoms with Gasteiger partial charge in [-0.1, -0.05) is 11.6 Å². The number of hydrogen-bond donors (Lipinski definition) is 1. The molecule has 2 heterocycles. The van der Waals surface area contributed by atoms with Crippen molar-refractivity contribution in [2.45, 2.75) is 26.2 Å². The minimum atomic E-state index is 0.00175. The minimum absolute atomic E-state index is 0.00175. The van der Waals surface area contributed by atoms with Crippen molar-refractivity contribution in [2.24, 2.45) is 5.92 Å². The lowest BCUT2D eigenvalue weighted by molar-refractivity contribution is 0.0656. The number of rotatable bonds is 4. The number of aryl methyl sites for hydroxylation is 1. The predicted molar refractivity (Wildman–Crippen MR) is 93.1 cm³/mol. The Morgan fingerprint density at radius 2 is 2.13 bits per heavy atom. The van der Waals surface area contributed by atoms with Crippen molar-refractivity contribution in [1.82, 2.24) is 10.2 Å². The van der Waals surface area contributed by atoms with Gasteiger partial charge < -0.3 is 14.6 Å². The molecule has 0 atom stereocenters. The van der Waals surface area contributed by atoms with Crippen molar-refractivity contribution in [1.29, 1.82) is 0 Å². The Morgan fingerprint density at radius 3 is 2.83 bits per heavy atom. The number of carbonyl (C=O) groups is 1. The van der Waals surface area contributed by atoms with Crippen molar-refractivity contribution >= 4 is 28.5 Å². The topological polar surface area (TPSA) is 45.5 Å². The van der Waals surface area contributed by atoms with E-state index in [2.05, 4.69) is 5.32 Å². The fraction of sp³-hybridized carbons (Fsp3) is 0.500. The molecule has 5 heteroatoms. The third-order valence-electron chi connectivity index (χ3n) is 4.80. The van der Waals surface area contributed by atoms with E-state index >= 15 is 0 Å². The second kappa shape index (κ2) is 6.93. The molecular weight excluding hydrogens is 312 g/mol. The average Bonchev–Trinajstić information content (AvgIpc) is 2.89. The smallest absolute Gasteiger partial charge is 0.289 e. The van der Waals surface area contributed by atoms with Gasteiger partial charge in [0, 0.05) is 29.1 Å². The van der Waals surface area contributed by atoms with Gasteiger partial charge in [0.25, 0.3) is 5.91 Å². The van der Waals surface area contributed by atoms with Gasteiger partial charge in [-0.05, 0) is 63.9 Å². The van der Waals surface area contributed by atoms with Gasteiger partial charge in [-0.3, -0.25) is 4.79 Å². The molecule has 1 N–H and O–H groups in total. The molecule has 1 aromatic heterocycles. The van der Waals surface area contributed by atoms with Crippen LogP contribution in [0.5, 0.6) is 0 Å². The molecular formula is C18H23ClN2O2. The van der Waals surface area contributed by atoms with Gasteiger partial charge in [-0.15, -0.1) is 0 Å². The second-order valence-corrected chi connectivity index (χ2v) is 6.76. The van der Waals surface area contributed by atoms with E-state index in [0.717, 1.165) is 49.0 Å². The van der Waals surface area contributed by atoms with Crippen molar-refractivity contribution in [3.8, 4) is 0 Å². The molecule has 1 fully saturated rings. The molecule has 1 amide bonds. The summed E-state index contributed by atoms with van der Waals surface area (Å²) in [6.45, 7) is 4.59. The van der Waals surface area contributed by atoms with Gasteiger partial charge in [0.1, 0.15) is 5.58 Å². The molecule has 1 saturated heterocycles. The third-order valence-corrected chi connectivity index (χ3v) is 5.03. The molecule has 4 nitrogen and oxygen atoms in total. The van der Waals surface area contributed by atoms with Crippen LogP contribution in [-0.4, -0.2) is 37.5 Å². The molecule has 0 bridgehead atoms. The Labute approximate surface area is 141 Å². The summed E-state index contributed by atoms with van der Waals surface area (Å²) in [5.74, 6) is 1.17. The number of amides is 1. The van der Waals surface area contributed by atoms with Crippen LogP contribution in [0.25, 0.3) is 11.0 Å². The molecule has 1 aliphatic rings. The van der Waals surface area contributed by atoms with Gasteiger partial charge in [0.05, 0.1) is 0 Å². The van der Waals surface area contributed by atoms with Gasteiger partial charge in [0.2, 0.25) is 0 Å². The summed E-state index contributed by atoms with van der Waals surface area (Å²) < 4.78 is 5.80. The quantitative estimate of drug-likeness (QED) is 0.923. The maximum absolute atomic E-state index is 12.8. The van der Waals surface area contributed by atoms with E-state index in [4.69, 9.17) is 16.0 Å². The number of likely N-dealkylation sites (tertiary alicyclic amines) is 1. The maximum Gasteiger partial charge on any atom is 0.289 e. The molecule has 1 aromatic carbocycles. The fourth-order valence-corrected chi connectivity index (χ4v) is 3.49. The van der Waals surface area contributed by atoms with E-state index in [1.807, 2.05) is 31.0 Å². The van der Waals surface area contributed by atoms with E-state index in [1.165, 1.54) is 6.42 Å². The first-order valence-electron chi connectivity index (χ1n) is 8.22. The summed E-state index contributed by atoms with van der Waals surface area (Å²) in [7, 11) is 1.98. The number of piperidine rings is 1. The van der Waals surface area contributed by atoms with Crippen LogP contribution in [0, 0.1) is 12.8 Å². The number of nitrogens with zero attached hydrogens (tertiary/aromatic N) is 1. The number of benzene rings is 1. The number of fused-ring (bicyclic) bond motifs is 1. The molecule has 23 heavy (non-hydrogen) atoms. The highest BCUT2D eigenvalue weighted by molar-refractivity contribution is 6.31. The summed E-state index contributed by atoms with van der Waals surface area (Å²) in [5.41, 5.74) is 1.60. The first-order chi connectivity index (χ1) is 11.1. The van der Waals surface area contributed by atoms with Crippen molar-refractivity contribution in [3.63, 3.8) is 0 Å². The van der Waals surface area contributed by atoms with Crippen molar-refractivity contribution < 1.29 is 9.21 Å². The second-order valence-electron chi connectivity index (χ2n) is 6.32. The van der Waals surface area contributed by atoms with E-state index in [1.54, 1.807) is 6.07 Å². The van der Waals surface area contributed by atoms with Gasteiger partial charge in [-0.25, -0.2) is 0 Å². The lowest BCUT2D eigenvalue weighted by Crippen LogP contribution is -2.39. The highest BCUT2D eigenvalue weighted by Gasteiger charge is 2.27. The van der Waals surface area contributed by atoms with E-state index in [-0.39, 0.29) is 5.91 Å². The highest BCUT2D eigenvalue weighted by Crippen LogP contribution is 2.30. The molecule has 1 aliphatic heterocycles. The summed E-state index contributed by atoms with van der Waals surface area (Å²) in [5, 5.41) is 4.77. The lowest BCUT2D eigenvalue weighted by atomic mass is 9.93. The van der Waals surface area contributed by atoms with Crippen LogP contribution < -0.4 is 5.32 Å². The maximum atomic E-state index is 12.8. The van der Waals surface area contributed by atoms with Gasteiger partial charge in [-0.2, -0.15) is 0 Å². The molecule has 2 aromatic rings. The normalized spacial score (nSPS) is 16.2. The van der Waals surface area contributed by atoms with Gasteiger partial charge >= 0.3 is 0 Å². The monoisotopic (exact) mass is 334 g/mol. The highest BCUT2D eigenvalue weighted by atomic mass is 35.5. The summed E-state index contributed by atoms with van der Waals surface area (Å²) in [4.78, 5) is 14.7. The zero-order valence-electron chi connectivity index (χ0n) is 13.7. The van der Waals surface area contributed by atoms with E-state index < -0.39 is 0 Å². The summed E-state index contributed by atoms with van der Waals surface area (Å²) in [6, 6.07) is 5.47. The van der Waals surface area contributed by atoms with E-state index in [9.17, 15) is 4.79 Å². The third kappa shape index (κ3) is 3.38. The summed E-state index contributed by atoms with van der Waals surface area (Å²) in [6.07, 6.45) is 3.32. The first-order valence-corrected chi connectivity index (χ1v) is 8.60. The summed E-state index contributed by atoms with van der Waals surface area (Å²) >= 11 is 6.04. The van der Waals surface area contributed by atoms with Crippen LogP contribution in [0.2, 0.25) is 5.02 Å². The van der Waals surface area contributed by atoms with Crippen LogP contribution >= 0.6 is 11.6 Å². The SMILES string of the molecule is CNCCC1CCN(C(=O)c2oc3ccc(Cl)cc3c2C)CC1. The number of halogens is 1.